The van der Waals surface area contributed by atoms with E-state index in [1.54, 1.807) is 0 Å². The van der Waals surface area contributed by atoms with Crippen LogP contribution in [-0.2, 0) is 9.53 Å². The van der Waals surface area contributed by atoms with Crippen molar-refractivity contribution in [2.45, 2.75) is 18.2 Å². The van der Waals surface area contributed by atoms with Gasteiger partial charge in [-0.15, -0.1) is 11.8 Å². The Labute approximate surface area is 115 Å². The number of carbonyl (C=O) groups excluding carboxylic acids is 1. The minimum absolute atomic E-state index is 0.133. The largest absolute Gasteiger partial charge is 0.382 e. The maximum absolute atomic E-state index is 12.9. The molecule has 3 nitrogen and oxygen atoms in total. The first-order valence-electron chi connectivity index (χ1n) is 6.05. The number of ether oxygens (including phenoxy) is 1. The van der Waals surface area contributed by atoms with Crippen LogP contribution in [0.15, 0.2) is 23.1 Å². The van der Waals surface area contributed by atoms with Gasteiger partial charge in [-0.1, -0.05) is 0 Å². The van der Waals surface area contributed by atoms with Crippen LogP contribution in [0.4, 0.5) is 8.78 Å². The fraction of sp³-hybridized carbons (Fsp3) is 0.462. The van der Waals surface area contributed by atoms with Crippen LogP contribution in [0.3, 0.4) is 0 Å². The molecule has 0 aromatic heterocycles. The Hall–Kier alpha value is -1.14. The van der Waals surface area contributed by atoms with Crippen LogP contribution in [0.25, 0.3) is 0 Å². The molecule has 1 aromatic rings. The minimum Gasteiger partial charge on any atom is -0.382 e. The fourth-order valence-corrected chi connectivity index (χ4v) is 2.06. The van der Waals surface area contributed by atoms with Crippen LogP contribution >= 0.6 is 11.8 Å². The molecule has 0 heterocycles. The Morgan fingerprint density at radius 2 is 2.16 bits per heavy atom. The quantitative estimate of drug-likeness (QED) is 0.590. The zero-order chi connectivity index (χ0) is 14.1. The van der Waals surface area contributed by atoms with Crippen LogP contribution < -0.4 is 5.32 Å². The molecule has 0 aliphatic carbocycles. The molecule has 6 heteroatoms. The standard InChI is InChI=1S/C13H17F2NO2S/c1-2-18-7-3-6-16-13(17)9-19-10-4-5-11(14)12(15)8-10/h4-5,8H,2-3,6-7,9H2,1H3,(H,16,17). The van der Waals surface area contributed by atoms with E-state index in [4.69, 9.17) is 4.74 Å². The fourth-order valence-electron chi connectivity index (χ4n) is 1.31. The second-order valence-corrected chi connectivity index (χ2v) is 4.81. The van der Waals surface area contributed by atoms with Crippen LogP contribution in [-0.4, -0.2) is 31.4 Å². The van der Waals surface area contributed by atoms with Crippen molar-refractivity contribution in [3.8, 4) is 0 Å². The molecule has 19 heavy (non-hydrogen) atoms. The molecular weight excluding hydrogens is 272 g/mol. The molecule has 0 saturated heterocycles. The highest BCUT2D eigenvalue weighted by Gasteiger charge is 2.05. The summed E-state index contributed by atoms with van der Waals surface area (Å²) in [6.07, 6.45) is 0.759. The van der Waals surface area contributed by atoms with Gasteiger partial charge < -0.3 is 10.1 Å². The third-order valence-electron chi connectivity index (χ3n) is 2.25. The van der Waals surface area contributed by atoms with Gasteiger partial charge in [-0.2, -0.15) is 0 Å². The van der Waals surface area contributed by atoms with Crippen molar-refractivity contribution in [2.24, 2.45) is 0 Å². The van der Waals surface area contributed by atoms with E-state index in [1.165, 1.54) is 17.8 Å². The number of hydrogen-bond donors (Lipinski definition) is 1. The van der Waals surface area contributed by atoms with E-state index in [1.807, 2.05) is 6.92 Å². The summed E-state index contributed by atoms with van der Waals surface area (Å²) in [7, 11) is 0. The van der Waals surface area contributed by atoms with E-state index in [0.717, 1.165) is 18.6 Å². The predicted molar refractivity (Wildman–Crippen MR) is 71.2 cm³/mol. The molecule has 0 aliphatic rings. The summed E-state index contributed by atoms with van der Waals surface area (Å²) in [5.41, 5.74) is 0. The topological polar surface area (TPSA) is 38.3 Å². The Morgan fingerprint density at radius 3 is 2.84 bits per heavy atom. The number of halogens is 2. The molecule has 0 radical (unpaired) electrons. The summed E-state index contributed by atoms with van der Waals surface area (Å²) in [5.74, 6) is -1.74. The van der Waals surface area contributed by atoms with E-state index in [-0.39, 0.29) is 11.7 Å². The number of hydrogen-bond acceptors (Lipinski definition) is 3. The monoisotopic (exact) mass is 289 g/mol. The summed E-state index contributed by atoms with van der Waals surface area (Å²) in [6, 6.07) is 3.59. The van der Waals surface area contributed by atoms with Gasteiger partial charge in [-0.3, -0.25) is 4.79 Å². The van der Waals surface area contributed by atoms with Gasteiger partial charge >= 0.3 is 0 Å². The van der Waals surface area contributed by atoms with Crippen molar-refractivity contribution in [3.05, 3.63) is 29.8 Å². The number of thioether (sulfide) groups is 1. The second-order valence-electron chi connectivity index (χ2n) is 3.77. The predicted octanol–water partition coefficient (Wildman–Crippen LogP) is 2.60. The third kappa shape index (κ3) is 6.54. The molecule has 1 rings (SSSR count). The van der Waals surface area contributed by atoms with Crippen LogP contribution in [0.1, 0.15) is 13.3 Å². The maximum atomic E-state index is 12.9. The van der Waals surface area contributed by atoms with Crippen LogP contribution in [0, 0.1) is 11.6 Å². The van der Waals surface area contributed by atoms with Crippen molar-refractivity contribution in [3.63, 3.8) is 0 Å². The highest BCUT2D eigenvalue weighted by molar-refractivity contribution is 8.00. The molecule has 0 atom stereocenters. The smallest absolute Gasteiger partial charge is 0.230 e. The van der Waals surface area contributed by atoms with Gasteiger partial charge in [0.1, 0.15) is 0 Å². The van der Waals surface area contributed by atoms with Gasteiger partial charge in [0.15, 0.2) is 11.6 Å². The molecule has 1 amide bonds. The molecular formula is C13H17F2NO2S. The van der Waals surface area contributed by atoms with Crippen molar-refractivity contribution in [2.75, 3.05) is 25.5 Å². The van der Waals surface area contributed by atoms with E-state index in [9.17, 15) is 13.6 Å². The molecule has 0 fully saturated rings. The highest BCUT2D eigenvalue weighted by atomic mass is 32.2. The normalized spacial score (nSPS) is 10.5. The average molecular weight is 289 g/mol. The van der Waals surface area contributed by atoms with Gasteiger partial charge in [-0.05, 0) is 31.5 Å². The molecule has 0 bridgehead atoms. The first-order chi connectivity index (χ1) is 9.13. The van der Waals surface area contributed by atoms with Crippen molar-refractivity contribution in [1.29, 1.82) is 0 Å². The molecule has 1 aromatic carbocycles. The third-order valence-corrected chi connectivity index (χ3v) is 3.25. The number of rotatable bonds is 8. The molecule has 0 unspecified atom stereocenters. The van der Waals surface area contributed by atoms with Crippen molar-refractivity contribution >= 4 is 17.7 Å². The van der Waals surface area contributed by atoms with Gasteiger partial charge in [-0.25, -0.2) is 8.78 Å². The second kappa shape index (κ2) is 8.87. The number of nitrogens with one attached hydrogen (secondary N) is 1. The SMILES string of the molecule is CCOCCCNC(=O)CSc1ccc(F)c(F)c1. The Morgan fingerprint density at radius 1 is 1.37 bits per heavy atom. The van der Waals surface area contributed by atoms with E-state index in [0.29, 0.717) is 24.7 Å². The van der Waals surface area contributed by atoms with Gasteiger partial charge in [0.2, 0.25) is 5.91 Å². The first kappa shape index (κ1) is 15.9. The van der Waals surface area contributed by atoms with E-state index < -0.39 is 11.6 Å². The average Bonchev–Trinajstić information content (AvgIpc) is 2.40. The lowest BCUT2D eigenvalue weighted by molar-refractivity contribution is -0.118. The summed E-state index contributed by atoms with van der Waals surface area (Å²) in [4.78, 5) is 12.0. The summed E-state index contributed by atoms with van der Waals surface area (Å²) in [5, 5.41) is 2.73. The van der Waals surface area contributed by atoms with Crippen molar-refractivity contribution in [1.82, 2.24) is 5.32 Å². The summed E-state index contributed by atoms with van der Waals surface area (Å²) in [6.45, 7) is 3.75. The zero-order valence-corrected chi connectivity index (χ0v) is 11.6. The van der Waals surface area contributed by atoms with E-state index in [2.05, 4.69) is 5.32 Å². The van der Waals surface area contributed by atoms with Crippen LogP contribution in [0.5, 0.6) is 0 Å². The van der Waals surface area contributed by atoms with Crippen molar-refractivity contribution < 1.29 is 18.3 Å². The Bertz CT molecular complexity index is 416. The number of carbonyl (C=O) groups is 1. The minimum atomic E-state index is -0.901. The maximum Gasteiger partial charge on any atom is 0.230 e. The lowest BCUT2D eigenvalue weighted by atomic mass is 10.3. The lowest BCUT2D eigenvalue weighted by Crippen LogP contribution is -2.26. The lowest BCUT2D eigenvalue weighted by Gasteiger charge is -2.05. The summed E-state index contributed by atoms with van der Waals surface area (Å²) < 4.78 is 30.7. The summed E-state index contributed by atoms with van der Waals surface area (Å²) >= 11 is 1.17. The Kier molecular flexibility index (Phi) is 7.43. The van der Waals surface area contributed by atoms with Gasteiger partial charge in [0.25, 0.3) is 0 Å². The molecule has 0 spiro atoms. The number of benzene rings is 1. The first-order valence-corrected chi connectivity index (χ1v) is 7.04. The highest BCUT2D eigenvalue weighted by Crippen LogP contribution is 2.19. The molecule has 1 N–H and O–H groups in total. The molecule has 106 valence electrons. The molecule has 0 aliphatic heterocycles. The van der Waals surface area contributed by atoms with Gasteiger partial charge in [0, 0.05) is 24.7 Å². The molecule has 0 saturated carbocycles. The zero-order valence-electron chi connectivity index (χ0n) is 10.7. The number of amides is 1. The van der Waals surface area contributed by atoms with Crippen LogP contribution in [0.2, 0.25) is 0 Å². The van der Waals surface area contributed by atoms with E-state index >= 15 is 0 Å². The van der Waals surface area contributed by atoms with Gasteiger partial charge in [0.05, 0.1) is 5.75 Å². The Balaban J connectivity index is 2.20.